The largest absolute Gasteiger partial charge is 0.454 e. The first-order valence-electron chi connectivity index (χ1n) is 7.35. The zero-order valence-electron chi connectivity index (χ0n) is 13.4. The van der Waals surface area contributed by atoms with Gasteiger partial charge in [-0.05, 0) is 18.6 Å². The molecule has 0 spiro atoms. The standard InChI is InChI=1S/C15H11N5O5S/c1-2-13-18-19-15(26-13)17-14(21)9(6-16)3-8-4-11-12(25-7-24-11)5-10(8)20(22)23/h3-5H,2,7H2,1H3,(H,17,19,21)/b9-3+. The van der Waals surface area contributed by atoms with E-state index in [0.717, 1.165) is 11.1 Å². The van der Waals surface area contributed by atoms with Crippen molar-refractivity contribution in [2.45, 2.75) is 13.3 Å². The van der Waals surface area contributed by atoms with Gasteiger partial charge in [0.15, 0.2) is 11.5 Å². The maximum absolute atomic E-state index is 12.3. The van der Waals surface area contributed by atoms with Crippen molar-refractivity contribution in [2.24, 2.45) is 0 Å². The fourth-order valence-electron chi connectivity index (χ4n) is 2.14. The molecule has 0 fully saturated rings. The summed E-state index contributed by atoms with van der Waals surface area (Å²) in [6.45, 7) is 1.84. The van der Waals surface area contributed by atoms with Gasteiger partial charge in [-0.25, -0.2) is 0 Å². The highest BCUT2D eigenvalue weighted by molar-refractivity contribution is 7.15. The lowest BCUT2D eigenvalue weighted by atomic mass is 10.1. The van der Waals surface area contributed by atoms with Gasteiger partial charge < -0.3 is 9.47 Å². The molecule has 10 nitrogen and oxygen atoms in total. The van der Waals surface area contributed by atoms with Crippen LogP contribution in [0.1, 0.15) is 17.5 Å². The molecule has 2 heterocycles. The van der Waals surface area contributed by atoms with Crippen molar-refractivity contribution in [3.05, 3.63) is 38.4 Å². The van der Waals surface area contributed by atoms with Gasteiger partial charge in [0.05, 0.1) is 16.6 Å². The van der Waals surface area contributed by atoms with Crippen molar-refractivity contribution in [3.63, 3.8) is 0 Å². The van der Waals surface area contributed by atoms with Gasteiger partial charge in [0.2, 0.25) is 11.9 Å². The number of fused-ring (bicyclic) bond motifs is 1. The lowest BCUT2D eigenvalue weighted by molar-refractivity contribution is -0.385. The predicted molar refractivity (Wildman–Crippen MR) is 90.7 cm³/mol. The molecule has 2 aromatic rings. The van der Waals surface area contributed by atoms with E-state index in [1.54, 1.807) is 6.07 Å². The highest BCUT2D eigenvalue weighted by Gasteiger charge is 2.23. The van der Waals surface area contributed by atoms with Crippen molar-refractivity contribution in [2.75, 3.05) is 12.1 Å². The molecule has 0 radical (unpaired) electrons. The van der Waals surface area contributed by atoms with Gasteiger partial charge in [0.25, 0.3) is 11.6 Å². The van der Waals surface area contributed by atoms with Crippen LogP contribution in [-0.4, -0.2) is 27.8 Å². The number of hydrogen-bond acceptors (Lipinski definition) is 9. The number of carbonyl (C=O) groups excluding carboxylic acids is 1. The van der Waals surface area contributed by atoms with Crippen molar-refractivity contribution in [1.29, 1.82) is 5.26 Å². The Morgan fingerprint density at radius 2 is 2.19 bits per heavy atom. The van der Waals surface area contributed by atoms with E-state index in [0.29, 0.717) is 12.2 Å². The fourth-order valence-corrected chi connectivity index (χ4v) is 2.81. The number of nitro benzene ring substituents is 1. The third-order valence-electron chi connectivity index (χ3n) is 3.37. The Kier molecular flexibility index (Phi) is 4.76. The minimum Gasteiger partial charge on any atom is -0.454 e. The Hall–Kier alpha value is -3.52. The smallest absolute Gasteiger partial charge is 0.280 e. The van der Waals surface area contributed by atoms with Crippen LogP contribution in [0.2, 0.25) is 0 Å². The Morgan fingerprint density at radius 3 is 2.81 bits per heavy atom. The zero-order chi connectivity index (χ0) is 18.7. The predicted octanol–water partition coefficient (Wildman–Crippen LogP) is 2.28. The number of aryl methyl sites for hydroxylation is 1. The summed E-state index contributed by atoms with van der Waals surface area (Å²) >= 11 is 1.18. The molecule has 0 unspecified atom stereocenters. The lowest BCUT2D eigenvalue weighted by Crippen LogP contribution is -2.13. The molecule has 0 aliphatic carbocycles. The molecular formula is C15H11N5O5S. The van der Waals surface area contributed by atoms with Crippen LogP contribution in [-0.2, 0) is 11.2 Å². The summed E-state index contributed by atoms with van der Waals surface area (Å²) in [6, 6.07) is 4.28. The van der Waals surface area contributed by atoms with Crippen molar-refractivity contribution in [1.82, 2.24) is 10.2 Å². The average molecular weight is 373 g/mol. The number of benzene rings is 1. The van der Waals surface area contributed by atoms with Gasteiger partial charge in [-0.3, -0.25) is 20.2 Å². The minimum atomic E-state index is -0.738. The topological polar surface area (TPSA) is 140 Å². The molecule has 1 aliphatic rings. The molecule has 0 saturated carbocycles. The second kappa shape index (κ2) is 7.16. The summed E-state index contributed by atoms with van der Waals surface area (Å²) in [6.07, 6.45) is 1.79. The van der Waals surface area contributed by atoms with Crippen LogP contribution in [0.4, 0.5) is 10.8 Å². The highest BCUT2D eigenvalue weighted by Crippen LogP contribution is 2.38. The molecule has 1 amide bonds. The molecule has 26 heavy (non-hydrogen) atoms. The molecule has 1 aromatic carbocycles. The van der Waals surface area contributed by atoms with Crippen LogP contribution in [0, 0.1) is 21.4 Å². The fraction of sp³-hybridized carbons (Fsp3) is 0.200. The Labute approximate surface area is 150 Å². The van der Waals surface area contributed by atoms with Crippen molar-refractivity contribution < 1.29 is 19.2 Å². The number of carbonyl (C=O) groups is 1. The van der Waals surface area contributed by atoms with E-state index in [4.69, 9.17) is 9.47 Å². The summed E-state index contributed by atoms with van der Waals surface area (Å²) in [5.74, 6) is -0.202. The van der Waals surface area contributed by atoms with E-state index in [2.05, 4.69) is 15.5 Å². The van der Waals surface area contributed by atoms with E-state index in [1.165, 1.54) is 23.5 Å². The monoisotopic (exact) mass is 373 g/mol. The number of nitrogens with one attached hydrogen (secondary N) is 1. The number of amides is 1. The number of rotatable bonds is 5. The molecule has 3 rings (SSSR count). The summed E-state index contributed by atoms with van der Waals surface area (Å²) in [4.78, 5) is 22.9. The van der Waals surface area contributed by atoms with Crippen LogP contribution in [0.5, 0.6) is 11.5 Å². The minimum absolute atomic E-state index is 0.0532. The first-order valence-corrected chi connectivity index (χ1v) is 8.17. The normalized spacial score (nSPS) is 12.5. The number of nitro groups is 1. The van der Waals surface area contributed by atoms with Crippen LogP contribution in [0.25, 0.3) is 6.08 Å². The second-order valence-corrected chi connectivity index (χ2v) is 6.06. The average Bonchev–Trinajstić information content (AvgIpc) is 3.26. The summed E-state index contributed by atoms with van der Waals surface area (Å²) in [5, 5.41) is 31.6. The number of hydrogen-bond donors (Lipinski definition) is 1. The Bertz CT molecular complexity index is 962. The van der Waals surface area contributed by atoms with Crippen molar-refractivity contribution in [3.8, 4) is 17.6 Å². The van der Waals surface area contributed by atoms with E-state index >= 15 is 0 Å². The third kappa shape index (κ3) is 3.45. The summed E-state index contributed by atoms with van der Waals surface area (Å²) in [5.41, 5.74) is -0.573. The first kappa shape index (κ1) is 17.3. The van der Waals surface area contributed by atoms with Gasteiger partial charge >= 0.3 is 0 Å². The molecule has 1 N–H and O–H groups in total. The quantitative estimate of drug-likeness (QED) is 0.364. The zero-order valence-corrected chi connectivity index (χ0v) is 14.2. The van der Waals surface area contributed by atoms with Gasteiger partial charge in [-0.2, -0.15) is 5.26 Å². The molecule has 0 saturated heterocycles. The van der Waals surface area contributed by atoms with Gasteiger partial charge in [-0.1, -0.05) is 18.3 Å². The molecule has 132 valence electrons. The number of anilines is 1. The van der Waals surface area contributed by atoms with Crippen molar-refractivity contribution >= 4 is 34.1 Å². The SMILES string of the molecule is CCc1nnc(NC(=O)/C(C#N)=C/c2cc3c(cc2[N+](=O)[O-])OCO3)s1. The summed E-state index contributed by atoms with van der Waals surface area (Å²) < 4.78 is 10.3. The number of nitriles is 1. The summed E-state index contributed by atoms with van der Waals surface area (Å²) in [7, 11) is 0. The van der Waals surface area contributed by atoms with Gasteiger partial charge in [0, 0.05) is 0 Å². The third-order valence-corrected chi connectivity index (χ3v) is 4.36. The molecule has 1 aromatic heterocycles. The van der Waals surface area contributed by atoms with Crippen LogP contribution >= 0.6 is 11.3 Å². The maximum Gasteiger partial charge on any atom is 0.280 e. The lowest BCUT2D eigenvalue weighted by Gasteiger charge is -2.03. The highest BCUT2D eigenvalue weighted by atomic mass is 32.1. The van der Waals surface area contributed by atoms with E-state index in [-0.39, 0.29) is 34.5 Å². The number of nitrogens with zero attached hydrogens (tertiary/aromatic N) is 4. The number of ether oxygens (including phenoxy) is 2. The van der Waals surface area contributed by atoms with E-state index in [1.807, 2.05) is 6.92 Å². The van der Waals surface area contributed by atoms with Crippen LogP contribution < -0.4 is 14.8 Å². The molecule has 0 atom stereocenters. The van der Waals surface area contributed by atoms with E-state index in [9.17, 15) is 20.2 Å². The van der Waals surface area contributed by atoms with Crippen LogP contribution in [0.15, 0.2) is 17.7 Å². The molecule has 1 aliphatic heterocycles. The molecular weight excluding hydrogens is 362 g/mol. The second-order valence-electron chi connectivity index (χ2n) is 5.00. The molecule has 0 bridgehead atoms. The molecule has 11 heteroatoms. The van der Waals surface area contributed by atoms with Gasteiger partial charge in [0.1, 0.15) is 16.6 Å². The maximum atomic E-state index is 12.3. The Morgan fingerprint density at radius 1 is 1.46 bits per heavy atom. The number of aromatic nitrogens is 2. The van der Waals surface area contributed by atoms with Crippen LogP contribution in [0.3, 0.4) is 0 Å². The van der Waals surface area contributed by atoms with E-state index < -0.39 is 10.8 Å². The first-order chi connectivity index (χ1) is 12.5. The van der Waals surface area contributed by atoms with Gasteiger partial charge in [-0.15, -0.1) is 10.2 Å². The Balaban J connectivity index is 1.92.